The van der Waals surface area contributed by atoms with Gasteiger partial charge in [-0.25, -0.2) is 0 Å². The van der Waals surface area contributed by atoms with E-state index < -0.39 is 11.2 Å². The fraction of sp³-hybridized carbons (Fsp3) is 1.00. The third-order valence-corrected chi connectivity index (χ3v) is 0.220. The average Bonchev–Trinajstić information content (AvgIpc) is 1.31. The fourth-order valence-electron chi connectivity index (χ4n) is 0. The molecule has 0 radical (unpaired) electrons. The molecule has 0 heterocycles. The first-order valence-corrected chi connectivity index (χ1v) is 1.19. The molecule has 0 aliphatic carbocycles. The SMILES string of the molecule is O=[N+]([O-])C(O)(F)F. The third kappa shape index (κ3) is 1.99. The van der Waals surface area contributed by atoms with E-state index in [1.165, 1.54) is 0 Å². The highest BCUT2D eigenvalue weighted by Crippen LogP contribution is 2.06. The molecule has 0 aromatic carbocycles. The van der Waals surface area contributed by atoms with E-state index in [0.29, 0.717) is 0 Å². The highest BCUT2D eigenvalue weighted by atomic mass is 19.3. The molecule has 0 saturated carbocycles. The molecule has 0 unspecified atom stereocenters. The Morgan fingerprint density at radius 1 is 1.71 bits per heavy atom. The van der Waals surface area contributed by atoms with Crippen molar-refractivity contribution in [1.29, 1.82) is 0 Å². The molecule has 6 heteroatoms. The molecule has 0 amide bonds. The molecule has 42 valence electrons. The lowest BCUT2D eigenvalue weighted by atomic mass is 11.2. The van der Waals surface area contributed by atoms with E-state index >= 15 is 0 Å². The minimum absolute atomic E-state index is 2.09. The zero-order valence-electron chi connectivity index (χ0n) is 2.97. The molecule has 0 saturated heterocycles. The zero-order chi connectivity index (χ0) is 6.08. The van der Waals surface area contributed by atoms with E-state index in [0.717, 1.165) is 0 Å². The summed E-state index contributed by atoms with van der Waals surface area (Å²) in [6.07, 6.45) is -4.78. The van der Waals surface area contributed by atoms with Crippen molar-refractivity contribution < 1.29 is 18.8 Å². The second-order valence-electron chi connectivity index (χ2n) is 0.767. The van der Waals surface area contributed by atoms with Gasteiger partial charge in [0.25, 0.3) is 0 Å². The number of halogens is 2. The Labute approximate surface area is 36.5 Å². The van der Waals surface area contributed by atoms with Gasteiger partial charge in [-0.2, -0.15) is 0 Å². The molecule has 0 spiro atoms. The summed E-state index contributed by atoms with van der Waals surface area (Å²) in [5.41, 5.74) is 0. The summed E-state index contributed by atoms with van der Waals surface area (Å²) in [4.78, 5) is 6.74. The predicted molar refractivity (Wildman–Crippen MR) is 14.2 cm³/mol. The van der Waals surface area contributed by atoms with Crippen LogP contribution in [0.1, 0.15) is 0 Å². The predicted octanol–water partition coefficient (Wildman–Crippen LogP) is -0.194. The summed E-state index contributed by atoms with van der Waals surface area (Å²) in [6, 6.07) is 0. The fourth-order valence-corrected chi connectivity index (χ4v) is 0. The Balaban J connectivity index is 3.79. The smallest absolute Gasteiger partial charge is 0.272 e. The van der Waals surface area contributed by atoms with Crippen LogP contribution >= 0.6 is 0 Å². The number of nitro groups is 1. The van der Waals surface area contributed by atoms with Gasteiger partial charge in [0.05, 0.1) is 0 Å². The van der Waals surface area contributed by atoms with Crippen molar-refractivity contribution in [3.8, 4) is 0 Å². The van der Waals surface area contributed by atoms with Crippen LogP contribution in [0.2, 0.25) is 0 Å². The molecule has 1 N–H and O–H groups in total. The van der Waals surface area contributed by atoms with E-state index in [9.17, 15) is 8.78 Å². The normalized spacial score (nSPS) is 11.3. The number of rotatable bonds is 1. The largest absolute Gasteiger partial charge is 0.647 e. The van der Waals surface area contributed by atoms with Crippen LogP contribution in [-0.4, -0.2) is 16.3 Å². The second kappa shape index (κ2) is 1.38. The molecular weight excluding hydrogens is 112 g/mol. The molecule has 0 bridgehead atoms. The number of nitrogens with zero attached hydrogens (tertiary/aromatic N) is 1. The first-order chi connectivity index (χ1) is 2.94. The summed E-state index contributed by atoms with van der Waals surface area (Å²) >= 11 is 0. The van der Waals surface area contributed by atoms with Crippen molar-refractivity contribution in [1.82, 2.24) is 0 Å². The van der Waals surface area contributed by atoms with Crippen molar-refractivity contribution in [2.75, 3.05) is 0 Å². The van der Waals surface area contributed by atoms with Gasteiger partial charge in [0, 0.05) is 0 Å². The number of hydrogen-bond donors (Lipinski definition) is 1. The first kappa shape index (κ1) is 6.22. The minimum atomic E-state index is -4.78. The zero-order valence-corrected chi connectivity index (χ0v) is 2.97. The molecule has 0 aromatic heterocycles. The Kier molecular flexibility index (Phi) is 1.22. The first-order valence-electron chi connectivity index (χ1n) is 1.19. The van der Waals surface area contributed by atoms with Gasteiger partial charge in [-0.1, -0.05) is 0 Å². The maximum Gasteiger partial charge on any atom is 0.647 e. The van der Waals surface area contributed by atoms with Gasteiger partial charge in [-0.15, -0.1) is 8.78 Å². The maximum atomic E-state index is 10.7. The van der Waals surface area contributed by atoms with Crippen LogP contribution in [0.3, 0.4) is 0 Å². The second-order valence-corrected chi connectivity index (χ2v) is 0.767. The molecule has 0 aliphatic rings. The summed E-state index contributed by atoms with van der Waals surface area (Å²) in [5.74, 6) is 0. The number of aliphatic hydroxyl groups is 1. The van der Waals surface area contributed by atoms with Crippen LogP contribution in [0.25, 0.3) is 0 Å². The Bertz CT molecular complexity index is 85.4. The van der Waals surface area contributed by atoms with Gasteiger partial charge in [-0.05, 0) is 0 Å². The van der Waals surface area contributed by atoms with Gasteiger partial charge in [0.1, 0.15) is 4.92 Å². The van der Waals surface area contributed by atoms with E-state index in [1.54, 1.807) is 0 Å². The van der Waals surface area contributed by atoms with Crippen LogP contribution in [-0.2, 0) is 0 Å². The van der Waals surface area contributed by atoms with Crippen LogP contribution < -0.4 is 0 Å². The van der Waals surface area contributed by atoms with Crippen LogP contribution in [0.15, 0.2) is 0 Å². The van der Waals surface area contributed by atoms with E-state index in [4.69, 9.17) is 15.2 Å². The van der Waals surface area contributed by atoms with E-state index in [1.807, 2.05) is 0 Å². The number of alkyl halides is 2. The molecule has 0 aromatic rings. The number of hydrogen-bond acceptors (Lipinski definition) is 3. The molecule has 4 nitrogen and oxygen atoms in total. The topological polar surface area (TPSA) is 63.4 Å². The standard InChI is InChI=1S/CHF2NO3/c2-1(3,5)4(6)7/h5H. The van der Waals surface area contributed by atoms with E-state index in [2.05, 4.69) is 0 Å². The molecule has 0 atom stereocenters. The molecule has 7 heavy (non-hydrogen) atoms. The molecule has 0 fully saturated rings. The van der Waals surface area contributed by atoms with Crippen LogP contribution in [0, 0.1) is 10.1 Å². The maximum absolute atomic E-state index is 10.7. The van der Waals surface area contributed by atoms with Crippen molar-refractivity contribution in [3.05, 3.63) is 10.1 Å². The Morgan fingerprint density at radius 2 is 1.86 bits per heavy atom. The highest BCUT2D eigenvalue weighted by molar-refractivity contribution is 4.17. The lowest BCUT2D eigenvalue weighted by molar-refractivity contribution is -0.703. The van der Waals surface area contributed by atoms with Gasteiger partial charge in [0.2, 0.25) is 0 Å². The molecule has 0 aliphatic heterocycles. The monoisotopic (exact) mass is 113 g/mol. The Hall–Kier alpha value is -0.780. The van der Waals surface area contributed by atoms with Gasteiger partial charge in [0.15, 0.2) is 0 Å². The summed E-state index contributed by atoms with van der Waals surface area (Å²) in [5, 5.41) is 15.9. The lowest BCUT2D eigenvalue weighted by Gasteiger charge is -1.92. The van der Waals surface area contributed by atoms with Gasteiger partial charge in [-0.3, -0.25) is 15.2 Å². The highest BCUT2D eigenvalue weighted by Gasteiger charge is 2.40. The quantitative estimate of drug-likeness (QED) is 0.222. The molecular formula is CHF2NO3. The minimum Gasteiger partial charge on any atom is -0.272 e. The summed E-state index contributed by atoms with van der Waals surface area (Å²) in [7, 11) is 0. The third-order valence-electron chi connectivity index (χ3n) is 0.220. The summed E-state index contributed by atoms with van der Waals surface area (Å²) in [6.45, 7) is 0. The van der Waals surface area contributed by atoms with Crippen molar-refractivity contribution in [2.24, 2.45) is 0 Å². The average molecular weight is 113 g/mol. The van der Waals surface area contributed by atoms with Crippen LogP contribution in [0.4, 0.5) is 8.78 Å². The van der Waals surface area contributed by atoms with Gasteiger partial charge < -0.3 is 0 Å². The van der Waals surface area contributed by atoms with E-state index in [-0.39, 0.29) is 0 Å². The van der Waals surface area contributed by atoms with Gasteiger partial charge >= 0.3 is 6.23 Å². The summed E-state index contributed by atoms with van der Waals surface area (Å²) < 4.78 is 21.4. The van der Waals surface area contributed by atoms with Crippen molar-refractivity contribution >= 4 is 0 Å². The van der Waals surface area contributed by atoms with Crippen LogP contribution in [0.5, 0.6) is 0 Å². The lowest BCUT2D eigenvalue weighted by Crippen LogP contribution is -2.25. The molecule has 0 rings (SSSR count). The van der Waals surface area contributed by atoms with Crippen molar-refractivity contribution in [2.45, 2.75) is 6.23 Å². The van der Waals surface area contributed by atoms with Crippen molar-refractivity contribution in [3.63, 3.8) is 0 Å². The Morgan fingerprint density at radius 3 is 1.86 bits per heavy atom.